The molecule has 0 radical (unpaired) electrons. The Morgan fingerprint density at radius 3 is 2.43 bits per heavy atom. The van der Waals surface area contributed by atoms with Gasteiger partial charge in [-0.1, -0.05) is 35.9 Å². The highest BCUT2D eigenvalue weighted by Gasteiger charge is 2.35. The zero-order valence-corrected chi connectivity index (χ0v) is 20.3. The summed E-state index contributed by atoms with van der Waals surface area (Å²) in [5.41, 5.74) is 0.566. The Labute approximate surface area is 209 Å². The smallest absolute Gasteiger partial charge is 0.147 e. The lowest BCUT2D eigenvalue weighted by molar-refractivity contribution is -0.205. The third-order valence-electron chi connectivity index (χ3n) is 5.74. The molecule has 2 aromatic rings. The van der Waals surface area contributed by atoms with E-state index >= 15 is 0 Å². The summed E-state index contributed by atoms with van der Waals surface area (Å²) in [6, 6.07) is 12.7. The van der Waals surface area contributed by atoms with Crippen molar-refractivity contribution in [2.75, 3.05) is 39.8 Å². The summed E-state index contributed by atoms with van der Waals surface area (Å²) in [5, 5.41) is 52.0. The number of aliphatic hydroxyl groups is 5. The molecule has 10 heteroatoms. The van der Waals surface area contributed by atoms with Crippen LogP contribution in [-0.4, -0.2) is 89.3 Å². The molecule has 35 heavy (non-hydrogen) atoms. The highest BCUT2D eigenvalue weighted by atomic mass is 35.5. The molecule has 194 valence electrons. The summed E-state index contributed by atoms with van der Waals surface area (Å²) in [6.07, 6.45) is -5.19. The van der Waals surface area contributed by atoms with E-state index in [2.05, 4.69) is 0 Å². The van der Waals surface area contributed by atoms with Crippen LogP contribution in [0.25, 0.3) is 0 Å². The first kappa shape index (κ1) is 27.8. The van der Waals surface area contributed by atoms with Gasteiger partial charge in [-0.3, -0.25) is 0 Å². The van der Waals surface area contributed by atoms with Crippen molar-refractivity contribution in [1.29, 1.82) is 0 Å². The van der Waals surface area contributed by atoms with Crippen molar-refractivity contribution in [3.05, 3.63) is 64.2 Å². The quantitative estimate of drug-likeness (QED) is 0.386. The van der Waals surface area contributed by atoms with Gasteiger partial charge >= 0.3 is 0 Å². The third-order valence-corrected chi connectivity index (χ3v) is 6.11. The SMILES string of the molecule is CCOc1ccc(Cc2cc(C3OCOCC(O)(CO)COCC(O)C(O)C3O)ccc2Cl)cc1. The van der Waals surface area contributed by atoms with Crippen LogP contribution in [0.4, 0.5) is 0 Å². The van der Waals surface area contributed by atoms with Crippen LogP contribution in [-0.2, 0) is 20.6 Å². The fourth-order valence-electron chi connectivity index (χ4n) is 3.75. The predicted molar refractivity (Wildman–Crippen MR) is 127 cm³/mol. The maximum Gasteiger partial charge on any atom is 0.147 e. The van der Waals surface area contributed by atoms with Gasteiger partial charge in [-0.25, -0.2) is 0 Å². The van der Waals surface area contributed by atoms with Crippen molar-refractivity contribution in [3.63, 3.8) is 0 Å². The molecule has 1 heterocycles. The Morgan fingerprint density at radius 1 is 1.03 bits per heavy atom. The average molecular weight is 513 g/mol. The summed E-state index contributed by atoms with van der Waals surface area (Å²) in [6.45, 7) is 0.489. The molecule has 1 saturated heterocycles. The van der Waals surface area contributed by atoms with Crippen LogP contribution in [0.1, 0.15) is 29.7 Å². The Morgan fingerprint density at radius 2 is 1.74 bits per heavy atom. The highest BCUT2D eigenvalue weighted by Crippen LogP contribution is 2.30. The van der Waals surface area contributed by atoms with Crippen LogP contribution in [0.5, 0.6) is 5.75 Å². The van der Waals surface area contributed by atoms with E-state index in [0.717, 1.165) is 16.9 Å². The number of hydrogen-bond acceptors (Lipinski definition) is 9. The number of halogens is 1. The standard InChI is InChI=1S/C25H33ClO9/c1-2-34-19-6-3-16(4-7-19)9-18-10-17(5-8-20(18)26)24-23(30)22(29)21(28)11-32-13-25(31,12-27)14-33-15-35-24/h3-8,10,21-24,27-31H,2,9,11-15H2,1H3. The van der Waals surface area contributed by atoms with E-state index in [0.29, 0.717) is 23.6 Å². The van der Waals surface area contributed by atoms with Crippen LogP contribution in [0.3, 0.4) is 0 Å². The van der Waals surface area contributed by atoms with Crippen LogP contribution in [0.15, 0.2) is 42.5 Å². The molecule has 5 N–H and O–H groups in total. The number of rotatable bonds is 6. The molecule has 0 saturated carbocycles. The molecule has 9 nitrogen and oxygen atoms in total. The molecule has 3 rings (SSSR count). The van der Waals surface area contributed by atoms with Crippen LogP contribution >= 0.6 is 11.6 Å². The Kier molecular flexibility index (Phi) is 10.3. The molecule has 1 aliphatic rings. The molecule has 0 bridgehead atoms. The lowest BCUT2D eigenvalue weighted by Crippen LogP contribution is -2.48. The lowest BCUT2D eigenvalue weighted by atomic mass is 9.94. The number of aliphatic hydroxyl groups excluding tert-OH is 4. The van der Waals surface area contributed by atoms with Gasteiger partial charge in [-0.2, -0.15) is 0 Å². The summed E-state index contributed by atoms with van der Waals surface area (Å²) < 4.78 is 21.8. The van der Waals surface area contributed by atoms with Crippen molar-refractivity contribution in [2.24, 2.45) is 0 Å². The van der Waals surface area contributed by atoms with Crippen LogP contribution in [0.2, 0.25) is 5.02 Å². The molecular weight excluding hydrogens is 480 g/mol. The van der Waals surface area contributed by atoms with Crippen molar-refractivity contribution >= 4 is 11.6 Å². The zero-order chi connectivity index (χ0) is 25.4. The fourth-order valence-corrected chi connectivity index (χ4v) is 3.93. The first-order valence-corrected chi connectivity index (χ1v) is 11.8. The Balaban J connectivity index is 1.83. The Bertz CT molecular complexity index is 926. The van der Waals surface area contributed by atoms with E-state index in [1.807, 2.05) is 31.2 Å². The molecule has 5 unspecified atom stereocenters. The van der Waals surface area contributed by atoms with Gasteiger partial charge < -0.3 is 44.5 Å². The normalized spacial score (nSPS) is 28.7. The molecular formula is C25H33ClO9. The second-order valence-corrected chi connectivity index (χ2v) is 9.01. The van der Waals surface area contributed by atoms with E-state index in [1.165, 1.54) is 0 Å². The summed E-state index contributed by atoms with van der Waals surface area (Å²) in [5.74, 6) is 0.769. The minimum absolute atomic E-state index is 0.297. The number of ether oxygens (including phenoxy) is 4. The largest absolute Gasteiger partial charge is 0.494 e. The second-order valence-electron chi connectivity index (χ2n) is 8.60. The van der Waals surface area contributed by atoms with Gasteiger partial charge in [0.05, 0.1) is 33.0 Å². The van der Waals surface area contributed by atoms with E-state index in [-0.39, 0.29) is 26.6 Å². The van der Waals surface area contributed by atoms with Crippen molar-refractivity contribution in [3.8, 4) is 5.75 Å². The average Bonchev–Trinajstić information content (AvgIpc) is 2.85. The summed E-state index contributed by atoms with van der Waals surface area (Å²) in [4.78, 5) is 0. The molecule has 1 aliphatic heterocycles. The molecule has 0 aromatic heterocycles. The molecule has 2 aromatic carbocycles. The minimum atomic E-state index is -1.70. The number of benzene rings is 2. The van der Waals surface area contributed by atoms with Gasteiger partial charge in [0.25, 0.3) is 0 Å². The lowest BCUT2D eigenvalue weighted by Gasteiger charge is -2.32. The molecule has 0 amide bonds. The Hall–Kier alpha value is -1.79. The van der Waals surface area contributed by atoms with E-state index < -0.39 is 36.6 Å². The summed E-state index contributed by atoms with van der Waals surface area (Å²) >= 11 is 6.44. The van der Waals surface area contributed by atoms with Crippen molar-refractivity contribution in [1.82, 2.24) is 0 Å². The van der Waals surface area contributed by atoms with Gasteiger partial charge in [-0.05, 0) is 48.2 Å². The van der Waals surface area contributed by atoms with E-state index in [9.17, 15) is 25.5 Å². The minimum Gasteiger partial charge on any atom is -0.494 e. The molecule has 0 aliphatic carbocycles. The summed E-state index contributed by atoms with van der Waals surface area (Å²) in [7, 11) is 0. The van der Waals surface area contributed by atoms with Crippen LogP contribution in [0, 0.1) is 0 Å². The molecule has 0 spiro atoms. The topological polar surface area (TPSA) is 138 Å². The first-order chi connectivity index (χ1) is 16.8. The van der Waals surface area contributed by atoms with E-state index in [4.69, 9.17) is 30.5 Å². The second kappa shape index (κ2) is 13.0. The zero-order valence-electron chi connectivity index (χ0n) is 19.5. The monoisotopic (exact) mass is 512 g/mol. The van der Waals surface area contributed by atoms with Crippen molar-refractivity contribution in [2.45, 2.75) is 43.4 Å². The van der Waals surface area contributed by atoms with Gasteiger partial charge in [0, 0.05) is 5.02 Å². The third kappa shape index (κ3) is 7.60. The van der Waals surface area contributed by atoms with E-state index in [1.54, 1.807) is 18.2 Å². The van der Waals surface area contributed by atoms with Gasteiger partial charge in [-0.15, -0.1) is 0 Å². The first-order valence-electron chi connectivity index (χ1n) is 11.4. The highest BCUT2D eigenvalue weighted by molar-refractivity contribution is 6.31. The van der Waals surface area contributed by atoms with Gasteiger partial charge in [0.1, 0.15) is 42.6 Å². The van der Waals surface area contributed by atoms with Crippen molar-refractivity contribution < 1.29 is 44.5 Å². The fraction of sp³-hybridized carbons (Fsp3) is 0.520. The van der Waals surface area contributed by atoms with Crippen LogP contribution < -0.4 is 4.74 Å². The molecule has 5 atom stereocenters. The maximum absolute atomic E-state index is 10.8. The maximum atomic E-state index is 10.8. The van der Waals surface area contributed by atoms with Gasteiger partial charge in [0.2, 0.25) is 0 Å². The molecule has 1 fully saturated rings. The number of hydrogen-bond donors (Lipinski definition) is 5. The predicted octanol–water partition coefficient (Wildman–Crippen LogP) is 1.20. The van der Waals surface area contributed by atoms with Gasteiger partial charge in [0.15, 0.2) is 0 Å².